The maximum Gasteiger partial charge on any atom is 0.157 e. The molecule has 1 aliphatic rings. The summed E-state index contributed by atoms with van der Waals surface area (Å²) in [6, 6.07) is 0. The SMILES string of the molecule is CC(N)OCCOCCOCCOC1CCCCO1. The van der Waals surface area contributed by atoms with E-state index in [4.69, 9.17) is 29.4 Å². The summed E-state index contributed by atoms with van der Waals surface area (Å²) in [5, 5.41) is 0. The summed E-state index contributed by atoms with van der Waals surface area (Å²) in [6.45, 7) is 5.91. The lowest BCUT2D eigenvalue weighted by Crippen LogP contribution is -2.24. The van der Waals surface area contributed by atoms with Gasteiger partial charge in [-0.25, -0.2) is 0 Å². The molecular formula is C13H27NO5. The Hall–Kier alpha value is -0.240. The van der Waals surface area contributed by atoms with Gasteiger partial charge in [0.2, 0.25) is 0 Å². The Morgan fingerprint density at radius 2 is 1.74 bits per heavy atom. The van der Waals surface area contributed by atoms with E-state index in [2.05, 4.69) is 0 Å². The lowest BCUT2D eigenvalue weighted by Gasteiger charge is -2.22. The second-order valence-electron chi connectivity index (χ2n) is 4.47. The molecule has 0 aromatic carbocycles. The van der Waals surface area contributed by atoms with Crippen LogP contribution in [-0.4, -0.2) is 58.8 Å². The van der Waals surface area contributed by atoms with Gasteiger partial charge in [0, 0.05) is 6.61 Å². The van der Waals surface area contributed by atoms with Crippen molar-refractivity contribution in [3.8, 4) is 0 Å². The number of nitrogens with two attached hydrogens (primary N) is 1. The summed E-state index contributed by atoms with van der Waals surface area (Å²) in [5.41, 5.74) is 5.42. The van der Waals surface area contributed by atoms with Gasteiger partial charge >= 0.3 is 0 Å². The molecule has 0 saturated carbocycles. The van der Waals surface area contributed by atoms with Crippen molar-refractivity contribution in [2.45, 2.75) is 38.7 Å². The van der Waals surface area contributed by atoms with E-state index in [1.165, 1.54) is 6.42 Å². The van der Waals surface area contributed by atoms with Crippen LogP contribution in [0.15, 0.2) is 0 Å². The van der Waals surface area contributed by atoms with Gasteiger partial charge in [0.15, 0.2) is 6.29 Å². The van der Waals surface area contributed by atoms with Crippen LogP contribution in [0.5, 0.6) is 0 Å². The zero-order valence-electron chi connectivity index (χ0n) is 11.8. The summed E-state index contributed by atoms with van der Waals surface area (Å²) in [5.74, 6) is 0. The molecule has 0 radical (unpaired) electrons. The molecule has 6 nitrogen and oxygen atoms in total. The second-order valence-corrected chi connectivity index (χ2v) is 4.47. The van der Waals surface area contributed by atoms with Crippen LogP contribution in [0.2, 0.25) is 0 Å². The number of ether oxygens (including phenoxy) is 5. The molecule has 2 atom stereocenters. The smallest absolute Gasteiger partial charge is 0.157 e. The summed E-state index contributed by atoms with van der Waals surface area (Å²) >= 11 is 0. The van der Waals surface area contributed by atoms with E-state index in [1.54, 1.807) is 6.92 Å². The van der Waals surface area contributed by atoms with E-state index >= 15 is 0 Å². The van der Waals surface area contributed by atoms with E-state index < -0.39 is 0 Å². The molecule has 114 valence electrons. The minimum atomic E-state index is -0.237. The van der Waals surface area contributed by atoms with Crippen molar-refractivity contribution in [1.82, 2.24) is 0 Å². The third-order valence-electron chi connectivity index (χ3n) is 2.65. The first-order valence-electron chi connectivity index (χ1n) is 7.05. The summed E-state index contributed by atoms with van der Waals surface area (Å²) < 4.78 is 26.8. The van der Waals surface area contributed by atoms with Crippen molar-refractivity contribution in [2.24, 2.45) is 5.73 Å². The number of hydrogen-bond donors (Lipinski definition) is 1. The van der Waals surface area contributed by atoms with Crippen molar-refractivity contribution in [1.29, 1.82) is 0 Å². The standard InChI is InChI=1S/C13H27NO5/c1-12(14)17-10-8-15-6-7-16-9-11-19-13-4-2-3-5-18-13/h12-13H,2-11,14H2,1H3. The molecule has 0 aromatic heterocycles. The van der Waals surface area contributed by atoms with Crippen molar-refractivity contribution < 1.29 is 23.7 Å². The number of rotatable bonds is 11. The van der Waals surface area contributed by atoms with E-state index in [9.17, 15) is 0 Å². The van der Waals surface area contributed by atoms with Crippen LogP contribution in [-0.2, 0) is 23.7 Å². The van der Waals surface area contributed by atoms with Gasteiger partial charge in [0.05, 0.1) is 39.6 Å². The minimum Gasteiger partial charge on any atom is -0.377 e. The van der Waals surface area contributed by atoms with E-state index in [0.29, 0.717) is 39.6 Å². The highest BCUT2D eigenvalue weighted by atomic mass is 16.7. The Morgan fingerprint density at radius 3 is 2.37 bits per heavy atom. The third kappa shape index (κ3) is 10.2. The van der Waals surface area contributed by atoms with E-state index in [0.717, 1.165) is 19.4 Å². The highest BCUT2D eigenvalue weighted by Crippen LogP contribution is 2.13. The summed E-state index contributed by atoms with van der Waals surface area (Å²) in [4.78, 5) is 0. The topological polar surface area (TPSA) is 72.2 Å². The van der Waals surface area contributed by atoms with Crippen molar-refractivity contribution in [3.05, 3.63) is 0 Å². The van der Waals surface area contributed by atoms with Gasteiger partial charge in [-0.05, 0) is 26.2 Å². The van der Waals surface area contributed by atoms with Crippen LogP contribution >= 0.6 is 0 Å². The monoisotopic (exact) mass is 277 g/mol. The fraction of sp³-hybridized carbons (Fsp3) is 1.00. The molecule has 2 N–H and O–H groups in total. The van der Waals surface area contributed by atoms with Gasteiger partial charge in [-0.1, -0.05) is 0 Å². The highest BCUT2D eigenvalue weighted by Gasteiger charge is 2.13. The first-order valence-corrected chi connectivity index (χ1v) is 7.05. The predicted octanol–water partition coefficient (Wildman–Crippen LogP) is 0.884. The molecule has 0 aromatic rings. The predicted molar refractivity (Wildman–Crippen MR) is 70.8 cm³/mol. The molecule has 1 aliphatic heterocycles. The fourth-order valence-corrected chi connectivity index (χ4v) is 1.70. The first-order chi connectivity index (χ1) is 9.29. The summed E-state index contributed by atoms with van der Waals surface area (Å²) in [6.07, 6.45) is 3.04. The molecule has 1 heterocycles. The molecule has 0 bridgehead atoms. The quantitative estimate of drug-likeness (QED) is 0.446. The van der Waals surface area contributed by atoms with E-state index in [-0.39, 0.29) is 12.5 Å². The van der Waals surface area contributed by atoms with Crippen molar-refractivity contribution in [3.63, 3.8) is 0 Å². The van der Waals surface area contributed by atoms with E-state index in [1.807, 2.05) is 0 Å². The average Bonchev–Trinajstić information content (AvgIpc) is 2.42. The molecule has 1 saturated heterocycles. The van der Waals surface area contributed by atoms with Gasteiger partial charge in [-0.2, -0.15) is 0 Å². The van der Waals surface area contributed by atoms with Gasteiger partial charge in [-0.15, -0.1) is 0 Å². The highest BCUT2D eigenvalue weighted by molar-refractivity contribution is 4.53. The molecule has 1 fully saturated rings. The van der Waals surface area contributed by atoms with Crippen molar-refractivity contribution >= 4 is 0 Å². The van der Waals surface area contributed by atoms with Gasteiger partial charge in [0.1, 0.15) is 6.23 Å². The van der Waals surface area contributed by atoms with Gasteiger partial charge < -0.3 is 29.4 Å². The largest absolute Gasteiger partial charge is 0.377 e. The third-order valence-corrected chi connectivity index (χ3v) is 2.65. The Balaban J connectivity index is 1.73. The average molecular weight is 277 g/mol. The van der Waals surface area contributed by atoms with Gasteiger partial charge in [-0.3, -0.25) is 0 Å². The first kappa shape index (κ1) is 16.8. The van der Waals surface area contributed by atoms with Crippen LogP contribution in [0, 0.1) is 0 Å². The molecule has 0 amide bonds. The lowest BCUT2D eigenvalue weighted by atomic mass is 10.2. The van der Waals surface area contributed by atoms with Gasteiger partial charge in [0.25, 0.3) is 0 Å². The summed E-state index contributed by atoms with van der Waals surface area (Å²) in [7, 11) is 0. The van der Waals surface area contributed by atoms with Crippen molar-refractivity contribution in [2.75, 3.05) is 46.2 Å². The number of hydrogen-bond acceptors (Lipinski definition) is 6. The second kappa shape index (κ2) is 11.6. The maximum atomic E-state index is 5.53. The Bertz CT molecular complexity index is 197. The molecular weight excluding hydrogens is 250 g/mol. The molecule has 2 unspecified atom stereocenters. The normalized spacial score (nSPS) is 21.5. The van der Waals surface area contributed by atoms with Crippen LogP contribution in [0.3, 0.4) is 0 Å². The molecule has 0 aliphatic carbocycles. The Morgan fingerprint density at radius 1 is 1.05 bits per heavy atom. The Labute approximate surface area is 115 Å². The molecule has 6 heteroatoms. The fourth-order valence-electron chi connectivity index (χ4n) is 1.70. The lowest BCUT2D eigenvalue weighted by molar-refractivity contribution is -0.169. The molecule has 0 spiro atoms. The molecule has 1 rings (SSSR count). The van der Waals surface area contributed by atoms with Crippen LogP contribution in [0.25, 0.3) is 0 Å². The Kier molecular flexibility index (Phi) is 10.2. The van der Waals surface area contributed by atoms with Crippen LogP contribution in [0.4, 0.5) is 0 Å². The maximum absolute atomic E-state index is 5.53. The van der Waals surface area contributed by atoms with Crippen LogP contribution in [0.1, 0.15) is 26.2 Å². The van der Waals surface area contributed by atoms with Crippen LogP contribution < -0.4 is 5.73 Å². The minimum absolute atomic E-state index is 0.0380. The molecule has 19 heavy (non-hydrogen) atoms. The zero-order chi connectivity index (χ0) is 13.8. The zero-order valence-corrected chi connectivity index (χ0v) is 11.8.